The van der Waals surface area contributed by atoms with Crippen molar-refractivity contribution in [3.05, 3.63) is 23.9 Å². The van der Waals surface area contributed by atoms with E-state index in [0.29, 0.717) is 11.4 Å². The van der Waals surface area contributed by atoms with E-state index in [4.69, 9.17) is 5.26 Å². The number of rotatable bonds is 3. The fraction of sp³-hybridized carbons (Fsp3) is 0.571. The van der Waals surface area contributed by atoms with Gasteiger partial charge in [0.2, 0.25) is 0 Å². The van der Waals surface area contributed by atoms with Gasteiger partial charge in [-0.05, 0) is 43.7 Å². The lowest BCUT2D eigenvalue weighted by Gasteiger charge is -2.39. The molecule has 1 fully saturated rings. The maximum Gasteiger partial charge on any atom is 0.127 e. The van der Waals surface area contributed by atoms with E-state index in [1.54, 1.807) is 18.3 Å². The van der Waals surface area contributed by atoms with E-state index in [1.807, 2.05) is 0 Å². The zero-order chi connectivity index (χ0) is 13.0. The highest BCUT2D eigenvalue weighted by molar-refractivity contribution is 5.44. The van der Waals surface area contributed by atoms with Crippen molar-refractivity contribution in [2.45, 2.75) is 38.1 Å². The summed E-state index contributed by atoms with van der Waals surface area (Å²) in [5.74, 6) is 1.41. The molecule has 1 saturated carbocycles. The Bertz CT molecular complexity index is 445. The number of aliphatic hydroxyl groups excluding tert-OH is 1. The lowest BCUT2D eigenvalue weighted by Crippen LogP contribution is -2.45. The smallest absolute Gasteiger partial charge is 0.127 e. The van der Waals surface area contributed by atoms with Gasteiger partial charge < -0.3 is 10.4 Å². The van der Waals surface area contributed by atoms with Crippen LogP contribution >= 0.6 is 0 Å². The van der Waals surface area contributed by atoms with Gasteiger partial charge in [0.15, 0.2) is 0 Å². The number of aliphatic hydroxyl groups is 1. The van der Waals surface area contributed by atoms with Gasteiger partial charge >= 0.3 is 0 Å². The molecule has 0 aliphatic heterocycles. The Balaban J connectivity index is 2.12. The standard InChI is InChI=1S/C14H19N3O/c1-11-2-5-14(10-18,6-3-11)17-13-8-12(9-15)4-7-16-13/h4,7-8,11,18H,2-3,5-6,10H2,1H3,(H,16,17). The molecule has 2 N–H and O–H groups in total. The molecule has 0 atom stereocenters. The van der Waals surface area contributed by atoms with E-state index in [9.17, 15) is 5.11 Å². The summed E-state index contributed by atoms with van der Waals surface area (Å²) in [5, 5.41) is 21.9. The Kier molecular flexibility index (Phi) is 3.83. The minimum absolute atomic E-state index is 0.109. The molecule has 4 heteroatoms. The van der Waals surface area contributed by atoms with Crippen LogP contribution in [0.15, 0.2) is 18.3 Å². The van der Waals surface area contributed by atoms with Crippen LogP contribution in [-0.4, -0.2) is 22.2 Å². The van der Waals surface area contributed by atoms with Crippen molar-refractivity contribution in [1.82, 2.24) is 4.98 Å². The number of nitrogens with zero attached hydrogens (tertiary/aromatic N) is 2. The second kappa shape index (κ2) is 5.36. The highest BCUT2D eigenvalue weighted by Gasteiger charge is 2.33. The van der Waals surface area contributed by atoms with Gasteiger partial charge in [-0.15, -0.1) is 0 Å². The number of nitriles is 1. The summed E-state index contributed by atoms with van der Waals surface area (Å²) in [6, 6.07) is 5.51. The molecule has 96 valence electrons. The first-order valence-electron chi connectivity index (χ1n) is 6.43. The Labute approximate surface area is 108 Å². The zero-order valence-corrected chi connectivity index (χ0v) is 10.7. The predicted octanol–water partition coefficient (Wildman–Crippen LogP) is 2.31. The fourth-order valence-corrected chi connectivity index (χ4v) is 2.48. The number of nitrogens with one attached hydrogen (secondary N) is 1. The predicted molar refractivity (Wildman–Crippen MR) is 70.0 cm³/mol. The summed E-state index contributed by atoms with van der Waals surface area (Å²) in [6.45, 7) is 2.36. The third-order valence-electron chi connectivity index (χ3n) is 3.82. The van der Waals surface area contributed by atoms with Gasteiger partial charge in [-0.3, -0.25) is 0 Å². The van der Waals surface area contributed by atoms with Crippen LogP contribution in [0.4, 0.5) is 5.82 Å². The molecule has 2 rings (SSSR count). The highest BCUT2D eigenvalue weighted by Crippen LogP contribution is 2.34. The van der Waals surface area contributed by atoms with Crippen molar-refractivity contribution in [3.8, 4) is 6.07 Å². The first kappa shape index (κ1) is 12.8. The van der Waals surface area contributed by atoms with E-state index >= 15 is 0 Å². The molecule has 1 aromatic heterocycles. The van der Waals surface area contributed by atoms with Gasteiger partial charge in [0, 0.05) is 6.20 Å². The van der Waals surface area contributed by atoms with Crippen LogP contribution in [0.3, 0.4) is 0 Å². The lowest BCUT2D eigenvalue weighted by molar-refractivity contribution is 0.155. The van der Waals surface area contributed by atoms with Gasteiger partial charge in [0.05, 0.1) is 23.8 Å². The van der Waals surface area contributed by atoms with Crippen molar-refractivity contribution in [2.24, 2.45) is 5.92 Å². The van der Waals surface area contributed by atoms with E-state index in [2.05, 4.69) is 23.3 Å². The summed E-state index contributed by atoms with van der Waals surface area (Å²) in [5.41, 5.74) is 0.317. The maximum atomic E-state index is 9.66. The summed E-state index contributed by atoms with van der Waals surface area (Å²) < 4.78 is 0. The number of hydrogen-bond acceptors (Lipinski definition) is 4. The molecule has 1 heterocycles. The molecule has 1 aliphatic rings. The van der Waals surface area contributed by atoms with Crippen LogP contribution in [0.5, 0.6) is 0 Å². The molecule has 0 radical (unpaired) electrons. The molecule has 0 saturated heterocycles. The summed E-state index contributed by atoms with van der Waals surface area (Å²) in [6.07, 6.45) is 5.75. The molecule has 1 aromatic rings. The lowest BCUT2D eigenvalue weighted by atomic mass is 9.77. The average molecular weight is 245 g/mol. The third kappa shape index (κ3) is 2.80. The maximum absolute atomic E-state index is 9.66. The largest absolute Gasteiger partial charge is 0.394 e. The minimum Gasteiger partial charge on any atom is -0.394 e. The van der Waals surface area contributed by atoms with Gasteiger partial charge in [-0.25, -0.2) is 4.98 Å². The first-order chi connectivity index (χ1) is 8.67. The summed E-state index contributed by atoms with van der Waals surface area (Å²) in [7, 11) is 0. The van der Waals surface area contributed by atoms with Crippen molar-refractivity contribution >= 4 is 5.82 Å². The van der Waals surface area contributed by atoms with Crippen LogP contribution in [0.2, 0.25) is 0 Å². The quantitative estimate of drug-likeness (QED) is 0.857. The molecular weight excluding hydrogens is 226 g/mol. The molecule has 1 aliphatic carbocycles. The highest BCUT2D eigenvalue weighted by atomic mass is 16.3. The molecule has 18 heavy (non-hydrogen) atoms. The Morgan fingerprint density at radius 3 is 2.89 bits per heavy atom. The van der Waals surface area contributed by atoms with Crippen LogP contribution < -0.4 is 5.32 Å². The van der Waals surface area contributed by atoms with Crippen LogP contribution in [0.25, 0.3) is 0 Å². The SMILES string of the molecule is CC1CCC(CO)(Nc2cc(C#N)ccn2)CC1. The Morgan fingerprint density at radius 1 is 1.56 bits per heavy atom. The molecule has 0 bridgehead atoms. The molecule has 0 amide bonds. The normalized spacial score (nSPS) is 27.5. The van der Waals surface area contributed by atoms with E-state index in [0.717, 1.165) is 31.6 Å². The average Bonchev–Trinajstić information content (AvgIpc) is 2.42. The molecule has 4 nitrogen and oxygen atoms in total. The van der Waals surface area contributed by atoms with E-state index in [1.165, 1.54) is 0 Å². The van der Waals surface area contributed by atoms with Gasteiger partial charge in [0.1, 0.15) is 5.82 Å². The zero-order valence-electron chi connectivity index (χ0n) is 10.7. The van der Waals surface area contributed by atoms with E-state index in [-0.39, 0.29) is 12.1 Å². The second-order valence-corrected chi connectivity index (χ2v) is 5.29. The van der Waals surface area contributed by atoms with Crippen molar-refractivity contribution < 1.29 is 5.11 Å². The molecule has 0 unspecified atom stereocenters. The van der Waals surface area contributed by atoms with Crippen LogP contribution in [-0.2, 0) is 0 Å². The summed E-state index contributed by atoms with van der Waals surface area (Å²) in [4.78, 5) is 4.22. The second-order valence-electron chi connectivity index (χ2n) is 5.29. The van der Waals surface area contributed by atoms with E-state index < -0.39 is 0 Å². The van der Waals surface area contributed by atoms with Crippen LogP contribution in [0, 0.1) is 17.2 Å². The number of hydrogen-bond donors (Lipinski definition) is 2. The van der Waals surface area contributed by atoms with Crippen molar-refractivity contribution in [2.75, 3.05) is 11.9 Å². The Hall–Kier alpha value is -1.60. The third-order valence-corrected chi connectivity index (χ3v) is 3.82. The topological polar surface area (TPSA) is 68.9 Å². The molecule has 0 aromatic carbocycles. The monoisotopic (exact) mass is 245 g/mol. The van der Waals surface area contributed by atoms with Crippen molar-refractivity contribution in [3.63, 3.8) is 0 Å². The fourth-order valence-electron chi connectivity index (χ4n) is 2.48. The Morgan fingerprint density at radius 2 is 2.28 bits per heavy atom. The minimum atomic E-state index is -0.270. The van der Waals surface area contributed by atoms with Gasteiger partial charge in [-0.1, -0.05) is 6.92 Å². The first-order valence-corrected chi connectivity index (χ1v) is 6.43. The van der Waals surface area contributed by atoms with Crippen molar-refractivity contribution in [1.29, 1.82) is 5.26 Å². The summed E-state index contributed by atoms with van der Waals surface area (Å²) >= 11 is 0. The number of pyridine rings is 1. The van der Waals surface area contributed by atoms with Gasteiger partial charge in [0.25, 0.3) is 0 Å². The number of aromatic nitrogens is 1. The molecular formula is C14H19N3O. The van der Waals surface area contributed by atoms with Crippen LogP contribution in [0.1, 0.15) is 38.2 Å². The molecule has 0 spiro atoms. The number of anilines is 1. The van der Waals surface area contributed by atoms with Gasteiger partial charge in [-0.2, -0.15) is 5.26 Å².